The molecule has 180 valence electrons. The quantitative estimate of drug-likeness (QED) is 0.574. The minimum atomic E-state index is -4.68. The molecule has 9 nitrogen and oxygen atoms in total. The molecule has 0 aromatic carbocycles. The number of amides is 1. The Morgan fingerprint density at radius 1 is 1.09 bits per heavy atom. The molecule has 0 unspecified atom stereocenters. The maximum atomic E-state index is 13.3. The SMILES string of the molecule is Cc1c(-c2ccnn2C)nnc(N2CCC(N(C)C(=O)c3cnncc3C(F)(F)F)CC2)c1C. The van der Waals surface area contributed by atoms with Gasteiger partial charge in [-0.2, -0.15) is 28.5 Å². The third kappa shape index (κ3) is 4.31. The minimum absolute atomic E-state index is 0.207. The maximum absolute atomic E-state index is 13.3. The van der Waals surface area contributed by atoms with E-state index in [9.17, 15) is 18.0 Å². The highest BCUT2D eigenvalue weighted by atomic mass is 19.4. The van der Waals surface area contributed by atoms with Crippen molar-refractivity contribution in [1.29, 1.82) is 0 Å². The zero-order valence-corrected chi connectivity index (χ0v) is 19.3. The van der Waals surface area contributed by atoms with E-state index in [4.69, 9.17) is 0 Å². The number of halogens is 3. The molecule has 1 fully saturated rings. The average Bonchev–Trinajstić information content (AvgIpc) is 3.25. The van der Waals surface area contributed by atoms with Gasteiger partial charge in [-0.25, -0.2) is 0 Å². The number of carbonyl (C=O) groups excluding carboxylic acids is 1. The van der Waals surface area contributed by atoms with Gasteiger partial charge in [0.15, 0.2) is 5.82 Å². The Balaban J connectivity index is 1.47. The van der Waals surface area contributed by atoms with Crippen LogP contribution in [0, 0.1) is 13.8 Å². The zero-order chi connectivity index (χ0) is 24.6. The molecule has 0 atom stereocenters. The number of hydrogen-bond donors (Lipinski definition) is 0. The number of nitrogens with zero attached hydrogens (tertiary/aromatic N) is 8. The zero-order valence-electron chi connectivity index (χ0n) is 19.3. The average molecular weight is 474 g/mol. The van der Waals surface area contributed by atoms with E-state index in [0.29, 0.717) is 32.1 Å². The molecule has 12 heteroatoms. The van der Waals surface area contributed by atoms with Crippen molar-refractivity contribution in [2.45, 2.75) is 38.9 Å². The molecule has 4 rings (SSSR count). The van der Waals surface area contributed by atoms with E-state index >= 15 is 0 Å². The lowest BCUT2D eigenvalue weighted by Gasteiger charge is -2.38. The van der Waals surface area contributed by atoms with Crippen LogP contribution in [0.3, 0.4) is 0 Å². The van der Waals surface area contributed by atoms with Gasteiger partial charge in [0.25, 0.3) is 5.91 Å². The Morgan fingerprint density at radius 2 is 1.76 bits per heavy atom. The first-order chi connectivity index (χ1) is 16.1. The fourth-order valence-corrected chi connectivity index (χ4v) is 4.28. The van der Waals surface area contributed by atoms with Crippen LogP contribution in [0.1, 0.15) is 39.9 Å². The molecule has 1 amide bonds. The van der Waals surface area contributed by atoms with Crippen molar-refractivity contribution >= 4 is 11.7 Å². The first-order valence-electron chi connectivity index (χ1n) is 10.8. The van der Waals surface area contributed by atoms with Crippen molar-refractivity contribution in [2.75, 3.05) is 25.0 Å². The third-order valence-electron chi connectivity index (χ3n) is 6.46. The molecule has 3 aromatic rings. The summed E-state index contributed by atoms with van der Waals surface area (Å²) >= 11 is 0. The van der Waals surface area contributed by atoms with Gasteiger partial charge >= 0.3 is 6.18 Å². The summed E-state index contributed by atoms with van der Waals surface area (Å²) in [7, 11) is 3.38. The number of alkyl halides is 3. The number of anilines is 1. The first kappa shape index (κ1) is 23.6. The predicted octanol–water partition coefficient (Wildman–Crippen LogP) is 3.04. The Morgan fingerprint density at radius 3 is 2.38 bits per heavy atom. The molecule has 3 aromatic heterocycles. The van der Waals surface area contributed by atoms with E-state index in [-0.39, 0.29) is 6.04 Å². The predicted molar refractivity (Wildman–Crippen MR) is 118 cm³/mol. The fraction of sp³-hybridized carbons (Fsp3) is 0.455. The molecule has 34 heavy (non-hydrogen) atoms. The molecule has 0 aliphatic carbocycles. The monoisotopic (exact) mass is 474 g/mol. The molecule has 0 spiro atoms. The first-order valence-corrected chi connectivity index (χ1v) is 10.8. The number of piperidine rings is 1. The van der Waals surface area contributed by atoms with E-state index in [0.717, 1.165) is 34.5 Å². The van der Waals surface area contributed by atoms with Crippen LogP contribution in [0.25, 0.3) is 11.4 Å². The molecule has 4 heterocycles. The topological polar surface area (TPSA) is 92.9 Å². The Hall–Kier alpha value is -3.57. The molecule has 0 bridgehead atoms. The smallest absolute Gasteiger partial charge is 0.355 e. The van der Waals surface area contributed by atoms with Gasteiger partial charge in [0.2, 0.25) is 0 Å². The summed E-state index contributed by atoms with van der Waals surface area (Å²) in [5.41, 5.74) is 2.09. The summed E-state index contributed by atoms with van der Waals surface area (Å²) in [6, 6.07) is 1.68. The second kappa shape index (κ2) is 8.99. The van der Waals surface area contributed by atoms with Crippen LogP contribution in [-0.4, -0.2) is 67.2 Å². The fourth-order valence-electron chi connectivity index (χ4n) is 4.28. The van der Waals surface area contributed by atoms with Gasteiger partial charge in [0.05, 0.1) is 29.2 Å². The largest absolute Gasteiger partial charge is 0.418 e. The van der Waals surface area contributed by atoms with Gasteiger partial charge in [-0.15, -0.1) is 10.2 Å². The van der Waals surface area contributed by atoms with Gasteiger partial charge in [0, 0.05) is 39.4 Å². The van der Waals surface area contributed by atoms with Crippen LogP contribution in [0.15, 0.2) is 24.7 Å². The molecule has 1 saturated heterocycles. The molecular weight excluding hydrogens is 449 g/mol. The highest BCUT2D eigenvalue weighted by molar-refractivity contribution is 5.95. The molecule has 1 aliphatic rings. The maximum Gasteiger partial charge on any atom is 0.418 e. The van der Waals surface area contributed by atoms with Crippen molar-refractivity contribution in [3.8, 4) is 11.4 Å². The number of hydrogen-bond acceptors (Lipinski definition) is 7. The van der Waals surface area contributed by atoms with Crippen LogP contribution < -0.4 is 4.90 Å². The van der Waals surface area contributed by atoms with Gasteiger partial charge in [0.1, 0.15) is 5.69 Å². The van der Waals surface area contributed by atoms with Crippen LogP contribution in [-0.2, 0) is 13.2 Å². The Labute approximate surface area is 194 Å². The van der Waals surface area contributed by atoms with E-state index in [1.54, 1.807) is 10.9 Å². The lowest BCUT2D eigenvalue weighted by atomic mass is 10.0. The molecule has 0 saturated carbocycles. The lowest BCUT2D eigenvalue weighted by Crippen LogP contribution is -2.46. The molecular formula is C22H25F3N8O. The van der Waals surface area contributed by atoms with Crippen molar-refractivity contribution < 1.29 is 18.0 Å². The number of rotatable bonds is 4. The van der Waals surface area contributed by atoms with Gasteiger partial charge < -0.3 is 9.80 Å². The standard InChI is InChI=1S/C22H25F3N8O/c1-13-14(2)20(30-29-19(13)18-5-8-28-32(18)4)33-9-6-15(7-10-33)31(3)21(34)16-11-26-27-12-17(16)22(23,24)25/h5,8,11-12,15H,6-7,9-10H2,1-4H3. The third-order valence-corrected chi connectivity index (χ3v) is 6.46. The van der Waals surface area contributed by atoms with Crippen molar-refractivity contribution in [3.05, 3.63) is 46.9 Å². The molecule has 0 N–H and O–H groups in total. The normalized spacial score (nSPS) is 15.0. The van der Waals surface area contributed by atoms with Gasteiger partial charge in [-0.05, 0) is 43.9 Å². The lowest BCUT2D eigenvalue weighted by molar-refractivity contribution is -0.138. The summed E-state index contributed by atoms with van der Waals surface area (Å²) in [5, 5.41) is 19.9. The van der Waals surface area contributed by atoms with Gasteiger partial charge in [-0.1, -0.05) is 0 Å². The Kier molecular flexibility index (Phi) is 6.24. The van der Waals surface area contributed by atoms with E-state index in [1.807, 2.05) is 27.0 Å². The summed E-state index contributed by atoms with van der Waals surface area (Å²) in [5.74, 6) is 0.0570. The van der Waals surface area contributed by atoms with E-state index in [2.05, 4.69) is 30.4 Å². The number of carbonyl (C=O) groups is 1. The highest BCUT2D eigenvalue weighted by Gasteiger charge is 2.38. The van der Waals surface area contributed by atoms with Crippen molar-refractivity contribution in [2.24, 2.45) is 7.05 Å². The summed E-state index contributed by atoms with van der Waals surface area (Å²) in [4.78, 5) is 16.3. The number of aromatic nitrogens is 6. The second-order valence-electron chi connectivity index (χ2n) is 8.41. The highest BCUT2D eigenvalue weighted by Crippen LogP contribution is 2.33. The van der Waals surface area contributed by atoms with Crippen LogP contribution >= 0.6 is 0 Å². The van der Waals surface area contributed by atoms with E-state index in [1.165, 1.54) is 11.9 Å². The summed E-state index contributed by atoms with van der Waals surface area (Å²) < 4.78 is 41.7. The number of aryl methyl sites for hydroxylation is 1. The summed E-state index contributed by atoms with van der Waals surface area (Å²) in [6.07, 6.45) is -0.328. The minimum Gasteiger partial charge on any atom is -0.355 e. The van der Waals surface area contributed by atoms with E-state index < -0.39 is 23.2 Å². The summed E-state index contributed by atoms with van der Waals surface area (Å²) in [6.45, 7) is 5.19. The van der Waals surface area contributed by atoms with Crippen molar-refractivity contribution in [1.82, 2.24) is 35.1 Å². The molecule has 1 aliphatic heterocycles. The van der Waals surface area contributed by atoms with Crippen LogP contribution in [0.4, 0.5) is 19.0 Å². The second-order valence-corrected chi connectivity index (χ2v) is 8.41. The molecule has 0 radical (unpaired) electrons. The van der Waals surface area contributed by atoms with Crippen molar-refractivity contribution in [3.63, 3.8) is 0 Å². The Bertz CT molecular complexity index is 1200. The van der Waals surface area contributed by atoms with Crippen LogP contribution in [0.5, 0.6) is 0 Å². The van der Waals surface area contributed by atoms with Crippen LogP contribution in [0.2, 0.25) is 0 Å². The van der Waals surface area contributed by atoms with Gasteiger partial charge in [-0.3, -0.25) is 9.48 Å².